The fourth-order valence-electron chi connectivity index (χ4n) is 3.13. The minimum Gasteiger partial charge on any atom is -0.366 e. The predicted octanol–water partition coefficient (Wildman–Crippen LogP) is 2.56. The molecule has 0 unspecified atom stereocenters. The van der Waals surface area contributed by atoms with Gasteiger partial charge in [0.05, 0.1) is 27.5 Å². The quantitative estimate of drug-likeness (QED) is 0.878. The van der Waals surface area contributed by atoms with Crippen molar-refractivity contribution in [2.45, 2.75) is 24.9 Å². The van der Waals surface area contributed by atoms with E-state index in [9.17, 15) is 21.6 Å². The molecule has 0 spiro atoms. The average molecular weight is 388 g/mol. The molecule has 2 aromatic rings. The number of hydrogen-bond acceptors (Lipinski definition) is 4. The van der Waals surface area contributed by atoms with Gasteiger partial charge in [-0.1, -0.05) is 0 Å². The van der Waals surface area contributed by atoms with E-state index in [-0.39, 0.29) is 18.0 Å². The van der Waals surface area contributed by atoms with Gasteiger partial charge in [0.15, 0.2) is 0 Å². The standard InChI is InChI=1S/C16H19F3N4O2S/c1-11-15(12(2)21-20-11)22-7-9-23(10-8-22)26(24,25)14-5-3-13(4-6-14)16(17,18)19/h3-6H,7-10H2,1-2H3,(H,20,21). The Morgan fingerprint density at radius 2 is 1.62 bits per heavy atom. The van der Waals surface area contributed by atoms with Crippen molar-refractivity contribution in [1.82, 2.24) is 14.5 Å². The molecule has 0 atom stereocenters. The lowest BCUT2D eigenvalue weighted by Gasteiger charge is -2.35. The summed E-state index contributed by atoms with van der Waals surface area (Å²) in [5.41, 5.74) is 1.87. The highest BCUT2D eigenvalue weighted by Gasteiger charge is 2.33. The minimum absolute atomic E-state index is 0.130. The second kappa shape index (κ2) is 6.58. The van der Waals surface area contributed by atoms with Gasteiger partial charge in [0, 0.05) is 26.2 Å². The molecule has 6 nitrogen and oxygen atoms in total. The maximum atomic E-state index is 12.7. The van der Waals surface area contributed by atoms with Gasteiger partial charge in [0.25, 0.3) is 0 Å². The van der Waals surface area contributed by atoms with E-state index < -0.39 is 21.8 Å². The Balaban J connectivity index is 1.74. The number of piperazine rings is 1. The lowest BCUT2D eigenvalue weighted by atomic mass is 10.2. The molecule has 0 saturated carbocycles. The summed E-state index contributed by atoms with van der Waals surface area (Å²) in [6.07, 6.45) is -4.49. The molecule has 0 amide bonds. The highest BCUT2D eigenvalue weighted by atomic mass is 32.2. The van der Waals surface area contributed by atoms with Crippen molar-refractivity contribution >= 4 is 15.7 Å². The van der Waals surface area contributed by atoms with Gasteiger partial charge in [-0.3, -0.25) is 5.10 Å². The Labute approximate surface area is 149 Å². The number of hydrogen-bond donors (Lipinski definition) is 1. The lowest BCUT2D eigenvalue weighted by molar-refractivity contribution is -0.137. The smallest absolute Gasteiger partial charge is 0.366 e. The fraction of sp³-hybridized carbons (Fsp3) is 0.438. The van der Waals surface area contributed by atoms with E-state index in [1.807, 2.05) is 13.8 Å². The normalized spacial score (nSPS) is 16.9. The van der Waals surface area contributed by atoms with Crippen molar-refractivity contribution < 1.29 is 21.6 Å². The molecule has 1 N–H and O–H groups in total. The summed E-state index contributed by atoms with van der Waals surface area (Å²) in [4.78, 5) is 1.93. The van der Waals surface area contributed by atoms with E-state index in [0.29, 0.717) is 13.1 Å². The van der Waals surface area contributed by atoms with Crippen LogP contribution in [0.3, 0.4) is 0 Å². The van der Waals surface area contributed by atoms with Crippen LogP contribution in [0, 0.1) is 13.8 Å². The third-order valence-electron chi connectivity index (χ3n) is 4.46. The number of rotatable bonds is 3. The Morgan fingerprint density at radius 3 is 2.08 bits per heavy atom. The minimum atomic E-state index is -4.49. The number of aromatic nitrogens is 2. The van der Waals surface area contributed by atoms with Crippen LogP contribution in [-0.2, 0) is 16.2 Å². The Kier molecular flexibility index (Phi) is 4.74. The zero-order chi connectivity index (χ0) is 19.1. The van der Waals surface area contributed by atoms with E-state index in [0.717, 1.165) is 41.3 Å². The summed E-state index contributed by atoms with van der Waals surface area (Å²) >= 11 is 0. The number of H-pyrrole nitrogens is 1. The Bertz CT molecular complexity index is 864. The van der Waals surface area contributed by atoms with E-state index in [1.54, 1.807) is 0 Å². The first-order chi connectivity index (χ1) is 12.1. The lowest BCUT2D eigenvalue weighted by Crippen LogP contribution is -2.48. The number of benzene rings is 1. The van der Waals surface area contributed by atoms with Gasteiger partial charge in [0.2, 0.25) is 10.0 Å². The second-order valence-electron chi connectivity index (χ2n) is 6.20. The van der Waals surface area contributed by atoms with E-state index >= 15 is 0 Å². The van der Waals surface area contributed by atoms with Crippen molar-refractivity contribution in [3.63, 3.8) is 0 Å². The first-order valence-electron chi connectivity index (χ1n) is 8.04. The zero-order valence-corrected chi connectivity index (χ0v) is 15.2. The van der Waals surface area contributed by atoms with Gasteiger partial charge in [-0.15, -0.1) is 0 Å². The molecule has 26 heavy (non-hydrogen) atoms. The number of sulfonamides is 1. The first-order valence-corrected chi connectivity index (χ1v) is 9.48. The molecular formula is C16H19F3N4O2S. The Morgan fingerprint density at radius 1 is 1.04 bits per heavy atom. The summed E-state index contributed by atoms with van der Waals surface area (Å²) in [6, 6.07) is 3.60. The number of aryl methyl sites for hydroxylation is 2. The number of nitrogens with one attached hydrogen (secondary N) is 1. The number of halogens is 3. The molecule has 3 rings (SSSR count). The van der Waals surface area contributed by atoms with Crippen molar-refractivity contribution in [2.75, 3.05) is 31.1 Å². The predicted molar refractivity (Wildman–Crippen MR) is 90.5 cm³/mol. The summed E-state index contributed by atoms with van der Waals surface area (Å²) in [5.74, 6) is 0. The molecule has 2 heterocycles. The highest BCUT2D eigenvalue weighted by molar-refractivity contribution is 7.89. The molecule has 10 heteroatoms. The third-order valence-corrected chi connectivity index (χ3v) is 6.38. The zero-order valence-electron chi connectivity index (χ0n) is 14.3. The van der Waals surface area contributed by atoms with Crippen LogP contribution < -0.4 is 4.90 Å². The fourth-order valence-corrected chi connectivity index (χ4v) is 4.55. The van der Waals surface area contributed by atoms with Crippen LogP contribution >= 0.6 is 0 Å². The molecule has 1 aliphatic heterocycles. The molecule has 1 aromatic carbocycles. The molecule has 1 aromatic heterocycles. The van der Waals surface area contributed by atoms with Crippen molar-refractivity contribution in [3.8, 4) is 0 Å². The third kappa shape index (κ3) is 3.43. The first kappa shape index (κ1) is 18.7. The average Bonchev–Trinajstić information content (AvgIpc) is 2.93. The monoisotopic (exact) mass is 388 g/mol. The number of alkyl halides is 3. The van der Waals surface area contributed by atoms with Gasteiger partial charge in [-0.2, -0.15) is 22.6 Å². The van der Waals surface area contributed by atoms with Gasteiger partial charge in [-0.05, 0) is 38.1 Å². The number of nitrogens with zero attached hydrogens (tertiary/aromatic N) is 3. The maximum absolute atomic E-state index is 12.7. The van der Waals surface area contributed by atoms with E-state index in [2.05, 4.69) is 15.1 Å². The van der Waals surface area contributed by atoms with Crippen LogP contribution in [-0.4, -0.2) is 49.1 Å². The van der Waals surface area contributed by atoms with E-state index in [1.165, 1.54) is 4.31 Å². The van der Waals surface area contributed by atoms with Gasteiger partial charge in [0.1, 0.15) is 0 Å². The van der Waals surface area contributed by atoms with Crippen molar-refractivity contribution in [3.05, 3.63) is 41.2 Å². The number of aromatic amines is 1. The summed E-state index contributed by atoms with van der Waals surface area (Å²) in [5, 5.41) is 7.05. The van der Waals surface area contributed by atoms with Gasteiger partial charge in [-0.25, -0.2) is 8.42 Å². The molecular weight excluding hydrogens is 369 g/mol. The molecule has 1 saturated heterocycles. The Hall–Kier alpha value is -2.07. The van der Waals surface area contributed by atoms with Crippen LogP contribution in [0.5, 0.6) is 0 Å². The second-order valence-corrected chi connectivity index (χ2v) is 8.13. The largest absolute Gasteiger partial charge is 0.416 e. The highest BCUT2D eigenvalue weighted by Crippen LogP contribution is 2.30. The molecule has 142 valence electrons. The van der Waals surface area contributed by atoms with Gasteiger partial charge < -0.3 is 4.90 Å². The molecule has 1 aliphatic rings. The summed E-state index contributed by atoms with van der Waals surface area (Å²) < 4.78 is 64.6. The van der Waals surface area contributed by atoms with Gasteiger partial charge >= 0.3 is 6.18 Å². The molecule has 1 fully saturated rings. The van der Waals surface area contributed by atoms with Crippen molar-refractivity contribution in [1.29, 1.82) is 0 Å². The van der Waals surface area contributed by atoms with Crippen LogP contribution in [0.2, 0.25) is 0 Å². The van der Waals surface area contributed by atoms with Crippen LogP contribution in [0.25, 0.3) is 0 Å². The maximum Gasteiger partial charge on any atom is 0.416 e. The van der Waals surface area contributed by atoms with Crippen molar-refractivity contribution in [2.24, 2.45) is 0 Å². The molecule has 0 bridgehead atoms. The van der Waals surface area contributed by atoms with Crippen LogP contribution in [0.1, 0.15) is 17.0 Å². The van der Waals surface area contributed by atoms with E-state index in [4.69, 9.17) is 0 Å². The SMILES string of the molecule is Cc1n[nH]c(C)c1N1CCN(S(=O)(=O)c2ccc(C(F)(F)F)cc2)CC1. The topological polar surface area (TPSA) is 69.3 Å². The van der Waals surface area contributed by atoms with Crippen LogP contribution in [0.15, 0.2) is 29.2 Å². The molecule has 0 aliphatic carbocycles. The summed E-state index contributed by atoms with van der Waals surface area (Å²) in [7, 11) is -3.82. The van der Waals surface area contributed by atoms with Crippen LogP contribution in [0.4, 0.5) is 18.9 Å². The summed E-state index contributed by atoms with van der Waals surface area (Å²) in [6.45, 7) is 5.27. The number of anilines is 1. The molecule has 0 radical (unpaired) electrons.